The van der Waals surface area contributed by atoms with Crippen molar-refractivity contribution in [2.45, 2.75) is 0 Å². The molecule has 0 spiro atoms. The van der Waals surface area contributed by atoms with Gasteiger partial charge in [-0.2, -0.15) is 0 Å². The lowest BCUT2D eigenvalue weighted by Crippen LogP contribution is -2.37. The molecule has 0 amide bonds. The van der Waals surface area contributed by atoms with E-state index in [0.29, 0.717) is 5.11 Å². The maximum atomic E-state index is 5.48. The molecule has 1 aliphatic rings. The van der Waals surface area contributed by atoms with Crippen LogP contribution in [-0.2, 0) is 0 Å². The highest BCUT2D eigenvalue weighted by atomic mass is 33.1. The molecule has 0 aliphatic carbocycles. The zero-order valence-corrected chi connectivity index (χ0v) is 8.03. The molecule has 0 radical (unpaired) electrons. The SMILES string of the molecule is NC(=S)N1CCSSCC1. The minimum atomic E-state index is 0.545. The van der Waals surface area contributed by atoms with Crippen LogP contribution in [0.3, 0.4) is 0 Å². The van der Waals surface area contributed by atoms with E-state index in [-0.39, 0.29) is 0 Å². The van der Waals surface area contributed by atoms with Crippen molar-refractivity contribution in [1.29, 1.82) is 0 Å². The summed E-state index contributed by atoms with van der Waals surface area (Å²) in [6, 6.07) is 0. The van der Waals surface area contributed by atoms with E-state index < -0.39 is 0 Å². The van der Waals surface area contributed by atoms with Crippen molar-refractivity contribution in [2.24, 2.45) is 5.73 Å². The molecule has 2 nitrogen and oxygen atoms in total. The predicted octanol–water partition coefficient (Wildman–Crippen LogP) is 0.927. The van der Waals surface area contributed by atoms with Crippen molar-refractivity contribution >= 4 is 38.9 Å². The Kier molecular flexibility index (Phi) is 3.65. The predicted molar refractivity (Wildman–Crippen MR) is 53.3 cm³/mol. The van der Waals surface area contributed by atoms with Crippen LogP contribution >= 0.6 is 33.8 Å². The summed E-state index contributed by atoms with van der Waals surface area (Å²) in [7, 11) is 3.79. The van der Waals surface area contributed by atoms with Crippen LogP contribution in [0.4, 0.5) is 0 Å². The van der Waals surface area contributed by atoms with E-state index >= 15 is 0 Å². The lowest BCUT2D eigenvalue weighted by molar-refractivity contribution is 0.479. The molecule has 58 valence electrons. The number of nitrogens with two attached hydrogens (primary N) is 1. The fraction of sp³-hybridized carbons (Fsp3) is 0.800. The normalized spacial score (nSPS) is 20.2. The Bertz CT molecular complexity index is 120. The van der Waals surface area contributed by atoms with Crippen molar-refractivity contribution in [1.82, 2.24) is 4.90 Å². The minimum absolute atomic E-state index is 0.545. The van der Waals surface area contributed by atoms with E-state index in [1.54, 1.807) is 0 Å². The highest BCUT2D eigenvalue weighted by molar-refractivity contribution is 8.76. The highest BCUT2D eigenvalue weighted by Crippen LogP contribution is 2.23. The Hall–Kier alpha value is 0.390. The van der Waals surface area contributed by atoms with Gasteiger partial charge in [-0.3, -0.25) is 0 Å². The summed E-state index contributed by atoms with van der Waals surface area (Å²) in [5.41, 5.74) is 5.48. The van der Waals surface area contributed by atoms with Crippen LogP contribution in [0.2, 0.25) is 0 Å². The minimum Gasteiger partial charge on any atom is -0.376 e. The van der Waals surface area contributed by atoms with Crippen LogP contribution in [0.1, 0.15) is 0 Å². The van der Waals surface area contributed by atoms with Crippen LogP contribution in [0, 0.1) is 0 Å². The Morgan fingerprint density at radius 2 is 1.80 bits per heavy atom. The van der Waals surface area contributed by atoms with Crippen LogP contribution in [0.25, 0.3) is 0 Å². The molecule has 1 heterocycles. The van der Waals surface area contributed by atoms with Crippen LogP contribution in [0.15, 0.2) is 0 Å². The lowest BCUT2D eigenvalue weighted by Gasteiger charge is -2.18. The Balaban J connectivity index is 2.35. The Labute approximate surface area is 74.3 Å². The number of thiocarbonyl (C=S) groups is 1. The number of hydrogen-bond donors (Lipinski definition) is 1. The first kappa shape index (κ1) is 8.49. The maximum Gasteiger partial charge on any atom is 0.166 e. The van der Waals surface area contributed by atoms with Crippen molar-refractivity contribution in [3.05, 3.63) is 0 Å². The van der Waals surface area contributed by atoms with Crippen molar-refractivity contribution in [2.75, 3.05) is 24.6 Å². The zero-order chi connectivity index (χ0) is 7.40. The first-order valence-corrected chi connectivity index (χ1v) is 5.99. The molecule has 1 saturated heterocycles. The van der Waals surface area contributed by atoms with Gasteiger partial charge in [-0.25, -0.2) is 0 Å². The molecule has 0 aromatic rings. The van der Waals surface area contributed by atoms with Gasteiger partial charge in [0.05, 0.1) is 0 Å². The molecular weight excluding hydrogens is 184 g/mol. The van der Waals surface area contributed by atoms with Crippen molar-refractivity contribution in [3.8, 4) is 0 Å². The van der Waals surface area contributed by atoms with Gasteiger partial charge < -0.3 is 10.6 Å². The van der Waals surface area contributed by atoms with Gasteiger partial charge >= 0.3 is 0 Å². The molecular formula is C5H10N2S3. The average molecular weight is 194 g/mol. The van der Waals surface area contributed by atoms with Gasteiger partial charge in [0, 0.05) is 24.6 Å². The third-order valence-corrected chi connectivity index (χ3v) is 3.91. The topological polar surface area (TPSA) is 29.3 Å². The van der Waals surface area contributed by atoms with Crippen molar-refractivity contribution in [3.63, 3.8) is 0 Å². The number of hydrogen-bond acceptors (Lipinski definition) is 3. The molecule has 0 unspecified atom stereocenters. The van der Waals surface area contributed by atoms with E-state index in [4.69, 9.17) is 18.0 Å². The maximum absolute atomic E-state index is 5.48. The number of rotatable bonds is 0. The molecule has 10 heavy (non-hydrogen) atoms. The van der Waals surface area contributed by atoms with Crippen LogP contribution < -0.4 is 5.73 Å². The second kappa shape index (κ2) is 4.31. The Morgan fingerprint density at radius 1 is 1.30 bits per heavy atom. The van der Waals surface area contributed by atoms with Gasteiger partial charge in [-0.05, 0) is 12.2 Å². The zero-order valence-electron chi connectivity index (χ0n) is 5.58. The molecule has 1 fully saturated rings. The first-order valence-electron chi connectivity index (χ1n) is 3.09. The molecule has 0 aromatic heterocycles. The standard InChI is InChI=1S/C5H10N2S3/c6-5(8)7-1-3-9-10-4-2-7/h1-4H2,(H2,6,8). The molecule has 1 aliphatic heterocycles. The Morgan fingerprint density at radius 3 is 2.20 bits per heavy atom. The quantitative estimate of drug-likeness (QED) is 0.458. The van der Waals surface area contributed by atoms with Gasteiger partial charge in [-0.1, -0.05) is 21.6 Å². The van der Waals surface area contributed by atoms with Crippen LogP contribution in [0.5, 0.6) is 0 Å². The van der Waals surface area contributed by atoms with E-state index in [1.807, 2.05) is 21.6 Å². The summed E-state index contributed by atoms with van der Waals surface area (Å²) < 4.78 is 0. The third-order valence-electron chi connectivity index (χ3n) is 1.28. The second-order valence-corrected chi connectivity index (χ2v) is 5.09. The third kappa shape index (κ3) is 2.56. The molecule has 0 saturated carbocycles. The molecule has 0 atom stereocenters. The van der Waals surface area contributed by atoms with Gasteiger partial charge in [0.2, 0.25) is 0 Å². The van der Waals surface area contributed by atoms with Gasteiger partial charge in [0.25, 0.3) is 0 Å². The number of nitrogens with zero attached hydrogens (tertiary/aromatic N) is 1. The van der Waals surface area contributed by atoms with Crippen molar-refractivity contribution < 1.29 is 0 Å². The van der Waals surface area contributed by atoms with E-state index in [1.165, 1.54) is 0 Å². The average Bonchev–Trinajstić information content (AvgIpc) is 2.12. The van der Waals surface area contributed by atoms with E-state index in [2.05, 4.69) is 4.90 Å². The molecule has 5 heteroatoms. The first-order chi connectivity index (χ1) is 4.80. The molecule has 0 bridgehead atoms. The summed E-state index contributed by atoms with van der Waals surface area (Å²) in [5.74, 6) is 2.25. The second-order valence-electron chi connectivity index (χ2n) is 1.97. The smallest absolute Gasteiger partial charge is 0.166 e. The fourth-order valence-electron chi connectivity index (χ4n) is 0.745. The van der Waals surface area contributed by atoms with Crippen LogP contribution in [-0.4, -0.2) is 34.6 Å². The summed E-state index contributed by atoms with van der Waals surface area (Å²) in [4.78, 5) is 2.06. The van der Waals surface area contributed by atoms with E-state index in [0.717, 1.165) is 24.6 Å². The highest BCUT2D eigenvalue weighted by Gasteiger charge is 2.09. The molecule has 2 N–H and O–H groups in total. The largest absolute Gasteiger partial charge is 0.376 e. The van der Waals surface area contributed by atoms with Gasteiger partial charge in [0.15, 0.2) is 5.11 Å². The van der Waals surface area contributed by atoms with E-state index in [9.17, 15) is 0 Å². The monoisotopic (exact) mass is 194 g/mol. The lowest BCUT2D eigenvalue weighted by atomic mass is 10.5. The molecule has 0 aromatic carbocycles. The summed E-state index contributed by atoms with van der Waals surface area (Å²) in [6.45, 7) is 2.01. The van der Waals surface area contributed by atoms with Gasteiger partial charge in [0.1, 0.15) is 0 Å². The molecule has 1 rings (SSSR count). The summed E-state index contributed by atoms with van der Waals surface area (Å²) in [6.07, 6.45) is 0. The summed E-state index contributed by atoms with van der Waals surface area (Å²) in [5, 5.41) is 0.545. The summed E-state index contributed by atoms with van der Waals surface area (Å²) >= 11 is 4.86. The fourth-order valence-corrected chi connectivity index (χ4v) is 2.91. The van der Waals surface area contributed by atoms with Gasteiger partial charge in [-0.15, -0.1) is 0 Å².